The Morgan fingerprint density at radius 2 is 2.17 bits per heavy atom. The molecule has 0 atom stereocenters. The topological polar surface area (TPSA) is 54.9 Å². The van der Waals surface area contributed by atoms with Gasteiger partial charge in [0.15, 0.2) is 0 Å². The largest absolute Gasteiger partial charge is 0.296 e. The lowest BCUT2D eigenvalue weighted by atomic mass is 10.2. The van der Waals surface area contributed by atoms with Gasteiger partial charge in [-0.05, 0) is 12.1 Å². The summed E-state index contributed by atoms with van der Waals surface area (Å²) in [5.41, 5.74) is 2.26. The van der Waals surface area contributed by atoms with Crippen LogP contribution < -0.4 is 5.32 Å². The molecule has 0 aliphatic heterocycles. The molecule has 0 spiro atoms. The van der Waals surface area contributed by atoms with E-state index in [1.807, 2.05) is 24.3 Å². The van der Waals surface area contributed by atoms with Gasteiger partial charge in [0.05, 0.1) is 5.56 Å². The number of anilines is 1. The second kappa shape index (κ2) is 5.97. The van der Waals surface area contributed by atoms with Gasteiger partial charge in [0.25, 0.3) is 5.91 Å². The van der Waals surface area contributed by atoms with E-state index in [0.717, 1.165) is 4.90 Å². The molecule has 0 aliphatic carbocycles. The number of amides is 1. The summed E-state index contributed by atoms with van der Waals surface area (Å²) in [6, 6.07) is 7.58. The van der Waals surface area contributed by atoms with E-state index in [0.29, 0.717) is 15.9 Å². The van der Waals surface area contributed by atoms with E-state index in [4.69, 9.17) is 0 Å². The normalized spacial score (nSPS) is 10.6. The van der Waals surface area contributed by atoms with Crippen molar-refractivity contribution in [2.45, 2.75) is 24.0 Å². The lowest BCUT2D eigenvalue weighted by Crippen LogP contribution is -2.13. The van der Waals surface area contributed by atoms with Crippen LogP contribution in [0.3, 0.4) is 0 Å². The molecule has 0 unspecified atom stereocenters. The second-order valence-corrected chi connectivity index (χ2v) is 6.31. The Balaban J connectivity index is 2.19. The molecular weight excluding hydrogens is 266 g/mol. The molecule has 0 radical (unpaired) electrons. The van der Waals surface area contributed by atoms with Crippen molar-refractivity contribution in [3.8, 4) is 0 Å². The molecule has 94 valence electrons. The molecule has 0 saturated heterocycles. The smallest absolute Gasteiger partial charge is 0.258 e. The van der Waals surface area contributed by atoms with Gasteiger partial charge < -0.3 is 0 Å². The molecule has 0 bridgehead atoms. The van der Waals surface area contributed by atoms with Crippen molar-refractivity contribution in [3.05, 3.63) is 35.3 Å². The van der Waals surface area contributed by atoms with Gasteiger partial charge in [0.1, 0.15) is 5.51 Å². The number of thioether (sulfide) groups is 1. The third kappa shape index (κ3) is 3.30. The van der Waals surface area contributed by atoms with Gasteiger partial charge in [-0.15, -0.1) is 22.0 Å². The standard InChI is InChI=1S/C12H13N3OS2/c1-8(2)18-10-6-4-3-5-9(10)11(16)14-12-15-13-7-17-12/h3-8H,1-2H3,(H,14,15,16). The van der Waals surface area contributed by atoms with Crippen LogP contribution in [0.5, 0.6) is 0 Å². The average molecular weight is 279 g/mol. The highest BCUT2D eigenvalue weighted by atomic mass is 32.2. The molecule has 0 fully saturated rings. The number of nitrogens with zero attached hydrogens (tertiary/aromatic N) is 2. The Morgan fingerprint density at radius 3 is 2.83 bits per heavy atom. The first-order chi connectivity index (χ1) is 8.66. The van der Waals surface area contributed by atoms with Crippen molar-refractivity contribution in [1.29, 1.82) is 0 Å². The van der Waals surface area contributed by atoms with Gasteiger partial charge in [-0.3, -0.25) is 10.1 Å². The van der Waals surface area contributed by atoms with Crippen molar-refractivity contribution in [2.24, 2.45) is 0 Å². The van der Waals surface area contributed by atoms with Gasteiger partial charge in [-0.1, -0.05) is 37.3 Å². The predicted octanol–water partition coefficient (Wildman–Crippen LogP) is 3.29. The monoisotopic (exact) mass is 279 g/mol. The molecule has 6 heteroatoms. The molecule has 0 aliphatic rings. The van der Waals surface area contributed by atoms with Crippen LogP contribution in [0.25, 0.3) is 0 Å². The first-order valence-electron chi connectivity index (χ1n) is 5.50. The van der Waals surface area contributed by atoms with Crippen LogP contribution in [-0.2, 0) is 0 Å². The van der Waals surface area contributed by atoms with E-state index in [-0.39, 0.29) is 5.91 Å². The minimum absolute atomic E-state index is 0.143. The van der Waals surface area contributed by atoms with E-state index < -0.39 is 0 Å². The Morgan fingerprint density at radius 1 is 1.39 bits per heavy atom. The number of hydrogen-bond donors (Lipinski definition) is 1. The average Bonchev–Trinajstić information content (AvgIpc) is 2.81. The Kier molecular flexibility index (Phi) is 4.33. The predicted molar refractivity (Wildman–Crippen MR) is 75.3 cm³/mol. The van der Waals surface area contributed by atoms with Crippen LogP contribution in [0.4, 0.5) is 5.13 Å². The number of nitrogens with one attached hydrogen (secondary N) is 1. The summed E-state index contributed by atoms with van der Waals surface area (Å²) < 4.78 is 0. The summed E-state index contributed by atoms with van der Waals surface area (Å²) in [6.45, 7) is 4.20. The Hall–Kier alpha value is -1.40. The summed E-state index contributed by atoms with van der Waals surface area (Å²) in [4.78, 5) is 13.1. The Bertz CT molecular complexity index is 526. The number of hydrogen-bond acceptors (Lipinski definition) is 5. The number of aromatic nitrogens is 2. The van der Waals surface area contributed by atoms with Crippen LogP contribution in [0.2, 0.25) is 0 Å². The second-order valence-electron chi connectivity index (χ2n) is 3.86. The summed E-state index contributed by atoms with van der Waals surface area (Å²) in [5.74, 6) is -0.143. The van der Waals surface area contributed by atoms with Crippen molar-refractivity contribution >= 4 is 34.1 Å². The maximum Gasteiger partial charge on any atom is 0.258 e. The molecule has 1 amide bonds. The molecule has 18 heavy (non-hydrogen) atoms. The van der Waals surface area contributed by atoms with Gasteiger partial charge in [0, 0.05) is 10.1 Å². The quantitative estimate of drug-likeness (QED) is 0.873. The van der Waals surface area contributed by atoms with Crippen LogP contribution >= 0.6 is 23.1 Å². The molecular formula is C12H13N3OS2. The molecule has 2 aromatic rings. The first-order valence-corrected chi connectivity index (χ1v) is 7.26. The molecule has 1 aromatic carbocycles. The van der Waals surface area contributed by atoms with Crippen molar-refractivity contribution < 1.29 is 4.79 Å². The van der Waals surface area contributed by atoms with Crippen LogP contribution in [-0.4, -0.2) is 21.4 Å². The van der Waals surface area contributed by atoms with Gasteiger partial charge >= 0.3 is 0 Å². The zero-order chi connectivity index (χ0) is 13.0. The highest BCUT2D eigenvalue weighted by molar-refractivity contribution is 8.00. The number of rotatable bonds is 4. The van der Waals surface area contributed by atoms with Gasteiger partial charge in [0.2, 0.25) is 5.13 Å². The molecule has 0 saturated carbocycles. The summed E-state index contributed by atoms with van der Waals surface area (Å²) >= 11 is 2.98. The summed E-state index contributed by atoms with van der Waals surface area (Å²) in [7, 11) is 0. The third-order valence-electron chi connectivity index (χ3n) is 2.07. The van der Waals surface area contributed by atoms with Crippen LogP contribution in [0.15, 0.2) is 34.7 Å². The highest BCUT2D eigenvalue weighted by Gasteiger charge is 2.13. The zero-order valence-corrected chi connectivity index (χ0v) is 11.7. The molecule has 1 N–H and O–H groups in total. The maximum atomic E-state index is 12.1. The maximum absolute atomic E-state index is 12.1. The molecule has 2 rings (SSSR count). The van der Waals surface area contributed by atoms with E-state index >= 15 is 0 Å². The van der Waals surface area contributed by atoms with Crippen LogP contribution in [0, 0.1) is 0 Å². The van der Waals surface area contributed by atoms with Crippen molar-refractivity contribution in [3.63, 3.8) is 0 Å². The van der Waals surface area contributed by atoms with Crippen molar-refractivity contribution in [2.75, 3.05) is 5.32 Å². The third-order valence-corrected chi connectivity index (χ3v) is 3.76. The Labute approximate surface area is 114 Å². The van der Waals surface area contributed by atoms with E-state index in [1.165, 1.54) is 11.3 Å². The summed E-state index contributed by atoms with van der Waals surface area (Å²) in [5, 5.41) is 11.2. The SMILES string of the molecule is CC(C)Sc1ccccc1C(=O)Nc1nncs1. The first kappa shape index (κ1) is 13.0. The van der Waals surface area contributed by atoms with Gasteiger partial charge in [-0.25, -0.2) is 0 Å². The van der Waals surface area contributed by atoms with E-state index in [1.54, 1.807) is 17.3 Å². The summed E-state index contributed by atoms with van der Waals surface area (Å²) in [6.07, 6.45) is 0. The van der Waals surface area contributed by atoms with E-state index in [2.05, 4.69) is 29.4 Å². The minimum atomic E-state index is -0.143. The zero-order valence-electron chi connectivity index (χ0n) is 10.1. The molecule has 4 nitrogen and oxygen atoms in total. The van der Waals surface area contributed by atoms with Crippen molar-refractivity contribution in [1.82, 2.24) is 10.2 Å². The fourth-order valence-electron chi connectivity index (χ4n) is 1.40. The fourth-order valence-corrected chi connectivity index (χ4v) is 2.80. The van der Waals surface area contributed by atoms with Crippen LogP contribution in [0.1, 0.15) is 24.2 Å². The lowest BCUT2D eigenvalue weighted by molar-refractivity contribution is 0.102. The minimum Gasteiger partial charge on any atom is -0.296 e. The van der Waals surface area contributed by atoms with E-state index in [9.17, 15) is 4.79 Å². The number of benzene rings is 1. The van der Waals surface area contributed by atoms with Gasteiger partial charge in [-0.2, -0.15) is 0 Å². The molecule has 1 aromatic heterocycles. The molecule has 1 heterocycles. The fraction of sp³-hybridized carbons (Fsp3) is 0.250. The highest BCUT2D eigenvalue weighted by Crippen LogP contribution is 2.27. The number of carbonyl (C=O) groups is 1. The number of carbonyl (C=O) groups excluding carboxylic acids is 1. The lowest BCUT2D eigenvalue weighted by Gasteiger charge is -2.10.